The molecule has 0 saturated carbocycles. The van der Waals surface area contributed by atoms with Crippen LogP contribution in [0.15, 0.2) is 48.0 Å². The van der Waals surface area contributed by atoms with E-state index in [9.17, 15) is 14.7 Å². The van der Waals surface area contributed by atoms with Gasteiger partial charge < -0.3 is 19.5 Å². The molecule has 0 radical (unpaired) electrons. The molecule has 1 unspecified atom stereocenters. The van der Waals surface area contributed by atoms with Crippen molar-refractivity contribution in [3.63, 3.8) is 0 Å². The molecule has 1 fully saturated rings. The molecule has 0 spiro atoms. The van der Waals surface area contributed by atoms with Gasteiger partial charge in [0.15, 0.2) is 0 Å². The molecule has 0 bridgehead atoms. The maximum atomic E-state index is 13.2. The van der Waals surface area contributed by atoms with Gasteiger partial charge in [0.05, 0.1) is 24.8 Å². The molecule has 1 N–H and O–H groups in total. The van der Waals surface area contributed by atoms with Crippen molar-refractivity contribution in [1.29, 1.82) is 0 Å². The second-order valence-corrected chi connectivity index (χ2v) is 8.69. The van der Waals surface area contributed by atoms with Gasteiger partial charge in [-0.1, -0.05) is 39.3 Å². The molecule has 1 aliphatic rings. The lowest BCUT2D eigenvalue weighted by molar-refractivity contribution is -0.139. The first-order valence-electron chi connectivity index (χ1n) is 12.1. The van der Waals surface area contributed by atoms with E-state index in [0.29, 0.717) is 31.1 Å². The van der Waals surface area contributed by atoms with Gasteiger partial charge in [0.2, 0.25) is 0 Å². The lowest BCUT2D eigenvalue weighted by atomic mass is 9.93. The van der Waals surface area contributed by atoms with Gasteiger partial charge in [0.25, 0.3) is 11.7 Å². The van der Waals surface area contributed by atoms with Gasteiger partial charge in [0, 0.05) is 12.1 Å². The Bertz CT molecular complexity index is 1050. The third-order valence-electron chi connectivity index (χ3n) is 6.00. The number of benzene rings is 2. The number of aliphatic hydroxyl groups excluding tert-OH is 1. The molecule has 1 heterocycles. The standard InChI is InChI=1S/C28H35NO5/c1-6-9-16-29-25(19-10-13-21(14-11-19)33-7-2)24(27(31)28(29)32)26(30)20-12-15-23(34-8-3)22(17-20)18(4)5/h10-15,17-18,25,30H,6-9,16H2,1-5H3/b26-24-. The largest absolute Gasteiger partial charge is 0.507 e. The van der Waals surface area contributed by atoms with Crippen molar-refractivity contribution < 1.29 is 24.2 Å². The van der Waals surface area contributed by atoms with Gasteiger partial charge in [-0.05, 0) is 67.6 Å². The van der Waals surface area contributed by atoms with Crippen molar-refractivity contribution in [2.75, 3.05) is 19.8 Å². The van der Waals surface area contributed by atoms with Crippen molar-refractivity contribution in [3.05, 3.63) is 64.7 Å². The molecule has 34 heavy (non-hydrogen) atoms. The SMILES string of the molecule is CCCCN1C(=O)C(=O)/C(=C(\O)c2ccc(OCC)c(C(C)C)c2)C1c1ccc(OCC)cc1. The summed E-state index contributed by atoms with van der Waals surface area (Å²) in [6.07, 6.45) is 1.65. The number of likely N-dealkylation sites (tertiary alicyclic amines) is 1. The number of rotatable bonds is 10. The van der Waals surface area contributed by atoms with Gasteiger partial charge in [0.1, 0.15) is 17.3 Å². The summed E-state index contributed by atoms with van der Waals surface area (Å²) in [4.78, 5) is 27.8. The average molecular weight is 466 g/mol. The lowest BCUT2D eigenvalue weighted by Gasteiger charge is -2.25. The molecule has 0 aromatic heterocycles. The molecule has 2 aromatic rings. The Balaban J connectivity index is 2.14. The zero-order valence-electron chi connectivity index (χ0n) is 20.8. The van der Waals surface area contributed by atoms with Crippen molar-refractivity contribution in [2.24, 2.45) is 0 Å². The summed E-state index contributed by atoms with van der Waals surface area (Å²) in [5, 5.41) is 11.4. The molecule has 2 aromatic carbocycles. The summed E-state index contributed by atoms with van der Waals surface area (Å²) < 4.78 is 11.3. The fourth-order valence-electron chi connectivity index (χ4n) is 4.29. The lowest BCUT2D eigenvalue weighted by Crippen LogP contribution is -2.30. The minimum Gasteiger partial charge on any atom is -0.507 e. The van der Waals surface area contributed by atoms with Gasteiger partial charge >= 0.3 is 0 Å². The quantitative estimate of drug-likeness (QED) is 0.271. The van der Waals surface area contributed by atoms with Crippen molar-refractivity contribution in [1.82, 2.24) is 4.90 Å². The fourth-order valence-corrected chi connectivity index (χ4v) is 4.29. The summed E-state index contributed by atoms with van der Waals surface area (Å²) >= 11 is 0. The molecular formula is C28H35NO5. The average Bonchev–Trinajstić information content (AvgIpc) is 3.08. The van der Waals surface area contributed by atoms with E-state index in [1.807, 2.05) is 71.0 Å². The van der Waals surface area contributed by atoms with Crippen LogP contribution >= 0.6 is 0 Å². The first kappa shape index (κ1) is 25.3. The Morgan fingerprint density at radius 2 is 1.68 bits per heavy atom. The van der Waals surface area contributed by atoms with E-state index in [0.717, 1.165) is 29.7 Å². The van der Waals surface area contributed by atoms with Crippen LogP contribution in [0.4, 0.5) is 0 Å². The number of amides is 1. The van der Waals surface area contributed by atoms with Crippen LogP contribution in [0.5, 0.6) is 11.5 Å². The molecule has 1 amide bonds. The normalized spacial score (nSPS) is 17.5. The maximum absolute atomic E-state index is 13.2. The summed E-state index contributed by atoms with van der Waals surface area (Å²) in [6, 6.07) is 12.1. The highest BCUT2D eigenvalue weighted by molar-refractivity contribution is 6.46. The summed E-state index contributed by atoms with van der Waals surface area (Å²) in [6.45, 7) is 11.5. The topological polar surface area (TPSA) is 76.1 Å². The predicted molar refractivity (Wildman–Crippen MR) is 133 cm³/mol. The maximum Gasteiger partial charge on any atom is 0.295 e. The van der Waals surface area contributed by atoms with Crippen LogP contribution in [0.2, 0.25) is 0 Å². The Hall–Kier alpha value is -3.28. The highest BCUT2D eigenvalue weighted by Crippen LogP contribution is 2.41. The monoisotopic (exact) mass is 465 g/mol. The molecule has 1 atom stereocenters. The number of hydrogen-bond donors (Lipinski definition) is 1. The number of aliphatic hydroxyl groups is 1. The minimum atomic E-state index is -0.660. The van der Waals surface area contributed by atoms with Crippen LogP contribution < -0.4 is 9.47 Å². The van der Waals surface area contributed by atoms with E-state index >= 15 is 0 Å². The van der Waals surface area contributed by atoms with E-state index in [-0.39, 0.29) is 17.3 Å². The summed E-state index contributed by atoms with van der Waals surface area (Å²) in [5.41, 5.74) is 2.31. The zero-order valence-corrected chi connectivity index (χ0v) is 20.8. The van der Waals surface area contributed by atoms with E-state index in [1.165, 1.54) is 0 Å². The Kier molecular flexibility index (Phi) is 8.37. The predicted octanol–water partition coefficient (Wildman–Crippen LogP) is 5.83. The van der Waals surface area contributed by atoms with E-state index in [2.05, 4.69) is 0 Å². The number of hydrogen-bond acceptors (Lipinski definition) is 5. The van der Waals surface area contributed by atoms with Crippen LogP contribution in [-0.2, 0) is 9.59 Å². The number of carbonyl (C=O) groups excluding carboxylic acids is 2. The van der Waals surface area contributed by atoms with Crippen molar-refractivity contribution in [2.45, 2.75) is 59.4 Å². The molecule has 182 valence electrons. The first-order chi connectivity index (χ1) is 16.3. The Morgan fingerprint density at radius 1 is 1.00 bits per heavy atom. The smallest absolute Gasteiger partial charge is 0.295 e. The number of ketones is 1. The van der Waals surface area contributed by atoms with Crippen LogP contribution in [-0.4, -0.2) is 41.5 Å². The van der Waals surface area contributed by atoms with E-state index < -0.39 is 17.7 Å². The molecule has 0 aliphatic carbocycles. The Morgan fingerprint density at radius 3 is 2.26 bits per heavy atom. The number of unbranched alkanes of at least 4 members (excludes halogenated alkanes) is 1. The van der Waals surface area contributed by atoms with Crippen LogP contribution in [0.3, 0.4) is 0 Å². The molecule has 6 nitrogen and oxygen atoms in total. The molecule has 1 saturated heterocycles. The molecular weight excluding hydrogens is 430 g/mol. The second kappa shape index (κ2) is 11.2. The molecule has 1 aliphatic heterocycles. The van der Waals surface area contributed by atoms with E-state index in [4.69, 9.17) is 9.47 Å². The van der Waals surface area contributed by atoms with Crippen LogP contribution in [0.1, 0.15) is 76.1 Å². The number of nitrogens with zero attached hydrogens (tertiary/aromatic N) is 1. The highest BCUT2D eigenvalue weighted by Gasteiger charge is 2.45. The Labute approximate surface area is 202 Å². The van der Waals surface area contributed by atoms with Crippen LogP contribution in [0.25, 0.3) is 5.76 Å². The summed E-state index contributed by atoms with van der Waals surface area (Å²) in [5.74, 6) is 0.214. The molecule has 6 heteroatoms. The number of ether oxygens (including phenoxy) is 2. The second-order valence-electron chi connectivity index (χ2n) is 8.69. The van der Waals surface area contributed by atoms with Crippen molar-refractivity contribution in [3.8, 4) is 11.5 Å². The van der Waals surface area contributed by atoms with Crippen molar-refractivity contribution >= 4 is 17.4 Å². The van der Waals surface area contributed by atoms with E-state index in [1.54, 1.807) is 11.0 Å². The third-order valence-corrected chi connectivity index (χ3v) is 6.00. The highest BCUT2D eigenvalue weighted by atomic mass is 16.5. The number of Topliss-reactive ketones (excluding diaryl/α,β-unsaturated/α-hetero) is 1. The van der Waals surface area contributed by atoms with Crippen LogP contribution in [0, 0.1) is 0 Å². The zero-order chi connectivity index (χ0) is 24.8. The van der Waals surface area contributed by atoms with Gasteiger partial charge in [-0.2, -0.15) is 0 Å². The van der Waals surface area contributed by atoms with Gasteiger partial charge in [-0.15, -0.1) is 0 Å². The minimum absolute atomic E-state index is 0.115. The first-order valence-corrected chi connectivity index (χ1v) is 12.1. The molecule has 3 rings (SSSR count). The fraction of sp³-hybridized carbons (Fsp3) is 0.429. The third kappa shape index (κ3) is 5.11. The van der Waals surface area contributed by atoms with Gasteiger partial charge in [-0.3, -0.25) is 9.59 Å². The summed E-state index contributed by atoms with van der Waals surface area (Å²) in [7, 11) is 0. The van der Waals surface area contributed by atoms with Gasteiger partial charge in [-0.25, -0.2) is 0 Å². The number of carbonyl (C=O) groups is 2.